The zero-order valence-corrected chi connectivity index (χ0v) is 12.3. The van der Waals surface area contributed by atoms with E-state index < -0.39 is 0 Å². The van der Waals surface area contributed by atoms with Crippen LogP contribution in [0.5, 0.6) is 0 Å². The summed E-state index contributed by atoms with van der Waals surface area (Å²) < 4.78 is 2.04. The van der Waals surface area contributed by atoms with Crippen LogP contribution in [-0.2, 0) is 6.54 Å². The quantitative estimate of drug-likeness (QED) is 0.923. The minimum absolute atomic E-state index is 0.192. The van der Waals surface area contributed by atoms with Crippen molar-refractivity contribution in [1.82, 2.24) is 20.0 Å². The van der Waals surface area contributed by atoms with Crippen molar-refractivity contribution in [3.63, 3.8) is 0 Å². The molecule has 1 N–H and O–H groups in total. The fourth-order valence-electron chi connectivity index (χ4n) is 2.26. The molecule has 0 aliphatic carbocycles. The van der Waals surface area contributed by atoms with Gasteiger partial charge in [-0.2, -0.15) is 5.10 Å². The third-order valence-corrected chi connectivity index (χ3v) is 3.81. The molecule has 0 saturated carbocycles. The Hall–Kier alpha value is -1.43. The van der Waals surface area contributed by atoms with E-state index in [1.807, 2.05) is 11.6 Å². The number of rotatable bonds is 4. The van der Waals surface area contributed by atoms with Crippen LogP contribution in [0.4, 0.5) is 5.13 Å². The van der Waals surface area contributed by atoms with Crippen LogP contribution in [0.2, 0.25) is 0 Å². The highest BCUT2D eigenvalue weighted by Gasteiger charge is 2.17. The van der Waals surface area contributed by atoms with E-state index in [-0.39, 0.29) is 6.04 Å². The monoisotopic (exact) mass is 265 g/mol. The van der Waals surface area contributed by atoms with Crippen molar-refractivity contribution in [2.45, 2.75) is 47.2 Å². The van der Waals surface area contributed by atoms with E-state index in [1.54, 1.807) is 11.3 Å². The molecule has 18 heavy (non-hydrogen) atoms. The molecule has 1 unspecified atom stereocenters. The fourth-order valence-corrected chi connectivity index (χ4v) is 2.94. The van der Waals surface area contributed by atoms with Gasteiger partial charge in [-0.1, -0.05) is 11.3 Å². The lowest BCUT2D eigenvalue weighted by Crippen LogP contribution is -2.09. The summed E-state index contributed by atoms with van der Waals surface area (Å²) in [5.74, 6) is 0. The van der Waals surface area contributed by atoms with Crippen LogP contribution >= 0.6 is 11.3 Å². The molecule has 0 radical (unpaired) electrons. The second-order valence-electron chi connectivity index (χ2n) is 4.39. The Labute approximate surface area is 111 Å². The number of hydrogen-bond donors (Lipinski definition) is 1. The second kappa shape index (κ2) is 5.06. The number of nitrogens with zero attached hydrogens (tertiary/aromatic N) is 4. The molecule has 2 heterocycles. The molecule has 2 rings (SSSR count). The van der Waals surface area contributed by atoms with Gasteiger partial charge in [-0.3, -0.25) is 4.68 Å². The van der Waals surface area contributed by atoms with Crippen LogP contribution in [0.1, 0.15) is 41.8 Å². The Morgan fingerprint density at radius 1 is 1.28 bits per heavy atom. The van der Waals surface area contributed by atoms with Crippen LogP contribution in [0.3, 0.4) is 0 Å². The first-order valence-electron chi connectivity index (χ1n) is 6.13. The highest BCUT2D eigenvalue weighted by atomic mass is 32.1. The Morgan fingerprint density at radius 2 is 2.00 bits per heavy atom. The summed E-state index contributed by atoms with van der Waals surface area (Å²) in [4.78, 5) is 0. The van der Waals surface area contributed by atoms with Crippen molar-refractivity contribution in [1.29, 1.82) is 0 Å². The molecule has 0 saturated heterocycles. The highest BCUT2D eigenvalue weighted by molar-refractivity contribution is 7.15. The van der Waals surface area contributed by atoms with Crippen LogP contribution in [0.25, 0.3) is 0 Å². The molecule has 0 aliphatic rings. The summed E-state index contributed by atoms with van der Waals surface area (Å²) >= 11 is 1.57. The predicted octanol–water partition coefficient (Wildman–Crippen LogP) is 2.85. The Kier molecular flexibility index (Phi) is 3.65. The Morgan fingerprint density at radius 3 is 2.50 bits per heavy atom. The lowest BCUT2D eigenvalue weighted by atomic mass is 10.1. The molecule has 5 nitrogen and oxygen atoms in total. The first kappa shape index (κ1) is 13.0. The van der Waals surface area contributed by atoms with Gasteiger partial charge < -0.3 is 5.32 Å². The SMILES string of the molecule is CCn1nc(C)c(C(C)Nc2nnc(C)s2)c1C. The molecule has 6 heteroatoms. The zero-order valence-electron chi connectivity index (χ0n) is 11.5. The third kappa shape index (κ3) is 2.38. The minimum Gasteiger partial charge on any atom is -0.353 e. The molecule has 98 valence electrons. The van der Waals surface area contributed by atoms with Crippen molar-refractivity contribution in [3.05, 3.63) is 22.0 Å². The molecule has 0 bridgehead atoms. The lowest BCUT2D eigenvalue weighted by molar-refractivity contribution is 0.632. The van der Waals surface area contributed by atoms with Gasteiger partial charge in [-0.25, -0.2) is 0 Å². The van der Waals surface area contributed by atoms with Crippen molar-refractivity contribution in [2.75, 3.05) is 5.32 Å². The molecule has 2 aromatic rings. The summed E-state index contributed by atoms with van der Waals surface area (Å²) in [6.45, 7) is 11.3. The first-order chi connectivity index (χ1) is 8.52. The van der Waals surface area contributed by atoms with Gasteiger partial charge in [0.2, 0.25) is 5.13 Å². The van der Waals surface area contributed by atoms with E-state index in [9.17, 15) is 0 Å². The average Bonchev–Trinajstić information content (AvgIpc) is 2.83. The summed E-state index contributed by atoms with van der Waals surface area (Å²) in [5.41, 5.74) is 3.55. The van der Waals surface area contributed by atoms with Crippen molar-refractivity contribution in [3.8, 4) is 0 Å². The van der Waals surface area contributed by atoms with E-state index in [4.69, 9.17) is 0 Å². The maximum absolute atomic E-state index is 4.54. The van der Waals surface area contributed by atoms with Crippen molar-refractivity contribution >= 4 is 16.5 Å². The maximum atomic E-state index is 4.54. The van der Waals surface area contributed by atoms with Crippen LogP contribution in [0, 0.1) is 20.8 Å². The van der Waals surface area contributed by atoms with Gasteiger partial charge in [0.1, 0.15) is 5.01 Å². The number of aryl methyl sites for hydroxylation is 3. The number of nitrogens with one attached hydrogen (secondary N) is 1. The van der Waals surface area contributed by atoms with E-state index >= 15 is 0 Å². The molecule has 0 amide bonds. The molecule has 0 aliphatic heterocycles. The van der Waals surface area contributed by atoms with E-state index in [2.05, 4.69) is 48.3 Å². The largest absolute Gasteiger partial charge is 0.353 e. The standard InChI is InChI=1S/C12H19N5S/c1-6-17-9(4)11(8(3)16-17)7(2)13-12-15-14-10(5)18-12/h7H,6H2,1-5H3,(H,13,15). The number of hydrogen-bond acceptors (Lipinski definition) is 5. The van der Waals surface area contributed by atoms with Crippen LogP contribution in [-0.4, -0.2) is 20.0 Å². The molecule has 0 aromatic carbocycles. The Balaban J connectivity index is 2.23. The highest BCUT2D eigenvalue weighted by Crippen LogP contribution is 2.26. The molecule has 0 fully saturated rings. The average molecular weight is 265 g/mol. The zero-order chi connectivity index (χ0) is 13.3. The molecular weight excluding hydrogens is 246 g/mol. The summed E-state index contributed by atoms with van der Waals surface area (Å²) in [6.07, 6.45) is 0. The van der Waals surface area contributed by atoms with Gasteiger partial charge in [-0.15, -0.1) is 10.2 Å². The van der Waals surface area contributed by atoms with E-state index in [0.717, 1.165) is 22.4 Å². The third-order valence-electron chi connectivity index (χ3n) is 3.04. The molecular formula is C12H19N5S. The normalized spacial score (nSPS) is 12.7. The lowest BCUT2D eigenvalue weighted by Gasteiger charge is -2.13. The van der Waals surface area contributed by atoms with Crippen LogP contribution in [0.15, 0.2) is 0 Å². The molecule has 0 spiro atoms. The minimum atomic E-state index is 0.192. The summed E-state index contributed by atoms with van der Waals surface area (Å²) in [7, 11) is 0. The molecule has 2 aromatic heterocycles. The topological polar surface area (TPSA) is 55.6 Å². The number of anilines is 1. The summed E-state index contributed by atoms with van der Waals surface area (Å²) in [6, 6.07) is 0.192. The van der Waals surface area contributed by atoms with Gasteiger partial charge >= 0.3 is 0 Å². The van der Waals surface area contributed by atoms with Crippen LogP contribution < -0.4 is 5.32 Å². The van der Waals surface area contributed by atoms with E-state index in [1.165, 1.54) is 11.3 Å². The van der Waals surface area contributed by atoms with Crippen molar-refractivity contribution < 1.29 is 0 Å². The predicted molar refractivity (Wildman–Crippen MR) is 74.1 cm³/mol. The molecule has 1 atom stereocenters. The van der Waals surface area contributed by atoms with Gasteiger partial charge in [0.25, 0.3) is 0 Å². The van der Waals surface area contributed by atoms with Gasteiger partial charge in [-0.05, 0) is 34.6 Å². The maximum Gasteiger partial charge on any atom is 0.206 e. The van der Waals surface area contributed by atoms with Crippen molar-refractivity contribution in [2.24, 2.45) is 0 Å². The van der Waals surface area contributed by atoms with Gasteiger partial charge in [0, 0.05) is 17.8 Å². The number of aromatic nitrogens is 4. The Bertz CT molecular complexity index is 543. The van der Waals surface area contributed by atoms with E-state index in [0.29, 0.717) is 0 Å². The first-order valence-corrected chi connectivity index (χ1v) is 6.95. The summed E-state index contributed by atoms with van der Waals surface area (Å²) in [5, 5.41) is 17.9. The van der Waals surface area contributed by atoms with Gasteiger partial charge in [0.05, 0.1) is 11.7 Å². The van der Waals surface area contributed by atoms with Gasteiger partial charge in [0.15, 0.2) is 0 Å². The second-order valence-corrected chi connectivity index (χ2v) is 5.57. The fraction of sp³-hybridized carbons (Fsp3) is 0.583. The smallest absolute Gasteiger partial charge is 0.206 e.